The Balaban J connectivity index is 1.65. The van der Waals surface area contributed by atoms with Gasteiger partial charge < -0.3 is 19.3 Å². The number of amides is 2. The van der Waals surface area contributed by atoms with Crippen LogP contribution in [0.3, 0.4) is 0 Å². The van der Waals surface area contributed by atoms with E-state index in [1.807, 2.05) is 0 Å². The molecule has 1 aromatic rings. The molecule has 3 rings (SSSR count). The molecule has 1 aromatic carbocycles. The predicted octanol–water partition coefficient (Wildman–Crippen LogP) is 2.16. The second kappa shape index (κ2) is 7.13. The summed E-state index contributed by atoms with van der Waals surface area (Å²) >= 11 is 6.13. The first-order chi connectivity index (χ1) is 11.5. The highest BCUT2D eigenvalue weighted by atomic mass is 35.5. The van der Waals surface area contributed by atoms with Crippen molar-refractivity contribution in [3.05, 3.63) is 28.8 Å². The molecule has 0 aromatic heterocycles. The zero-order valence-corrected chi connectivity index (χ0v) is 14.2. The molecule has 0 atom stereocenters. The molecule has 24 heavy (non-hydrogen) atoms. The van der Waals surface area contributed by atoms with Gasteiger partial charge in [-0.05, 0) is 30.2 Å². The summed E-state index contributed by atoms with van der Waals surface area (Å²) in [6.45, 7) is 4.17. The van der Waals surface area contributed by atoms with E-state index < -0.39 is 0 Å². The van der Waals surface area contributed by atoms with Crippen molar-refractivity contribution in [2.75, 3.05) is 33.0 Å². The average molecular weight is 351 g/mol. The number of hydrogen-bond donors (Lipinski definition) is 0. The van der Waals surface area contributed by atoms with Crippen molar-refractivity contribution in [1.29, 1.82) is 0 Å². The molecule has 0 saturated carbocycles. The van der Waals surface area contributed by atoms with E-state index in [1.54, 1.807) is 34.9 Å². The molecule has 1 fully saturated rings. The standard InChI is InChI=1S/C17H19ClN2O4/c1-12(21)19-5-2-6-20(8-7-19)16(22)4-3-13-9-14(18)17-15(10-13)23-11-24-17/h3-4,9-10H,2,5-8,11H2,1H3/b4-3+. The topological polar surface area (TPSA) is 59.1 Å². The number of halogens is 1. The lowest BCUT2D eigenvalue weighted by molar-refractivity contribution is -0.130. The Morgan fingerprint density at radius 1 is 1.12 bits per heavy atom. The maximum Gasteiger partial charge on any atom is 0.246 e. The van der Waals surface area contributed by atoms with E-state index in [0.717, 1.165) is 12.0 Å². The van der Waals surface area contributed by atoms with Gasteiger partial charge in [-0.2, -0.15) is 0 Å². The van der Waals surface area contributed by atoms with Gasteiger partial charge in [0.05, 0.1) is 5.02 Å². The van der Waals surface area contributed by atoms with Crippen LogP contribution in [0.25, 0.3) is 6.08 Å². The number of carbonyl (C=O) groups excluding carboxylic acids is 2. The van der Waals surface area contributed by atoms with Crippen LogP contribution in [-0.4, -0.2) is 54.6 Å². The van der Waals surface area contributed by atoms with Crippen LogP contribution in [0.5, 0.6) is 11.5 Å². The minimum Gasteiger partial charge on any atom is -0.454 e. The lowest BCUT2D eigenvalue weighted by Gasteiger charge is -2.20. The quantitative estimate of drug-likeness (QED) is 0.767. The summed E-state index contributed by atoms with van der Waals surface area (Å²) in [5.41, 5.74) is 0.776. The van der Waals surface area contributed by atoms with Gasteiger partial charge in [0.15, 0.2) is 11.5 Å². The minimum atomic E-state index is -0.0748. The zero-order valence-electron chi connectivity index (χ0n) is 13.5. The second-order valence-corrected chi connectivity index (χ2v) is 6.16. The third kappa shape index (κ3) is 3.64. The Hall–Kier alpha value is -2.21. The average Bonchev–Trinajstić information content (AvgIpc) is 2.88. The zero-order chi connectivity index (χ0) is 17.1. The predicted molar refractivity (Wildman–Crippen MR) is 90.1 cm³/mol. The van der Waals surface area contributed by atoms with E-state index in [0.29, 0.717) is 42.7 Å². The number of rotatable bonds is 2. The smallest absolute Gasteiger partial charge is 0.246 e. The van der Waals surface area contributed by atoms with Crippen LogP contribution in [0.2, 0.25) is 5.02 Å². The van der Waals surface area contributed by atoms with Crippen LogP contribution in [0.15, 0.2) is 18.2 Å². The van der Waals surface area contributed by atoms with E-state index in [9.17, 15) is 9.59 Å². The summed E-state index contributed by atoms with van der Waals surface area (Å²) < 4.78 is 10.6. The van der Waals surface area contributed by atoms with E-state index in [4.69, 9.17) is 21.1 Å². The number of hydrogen-bond acceptors (Lipinski definition) is 4. The monoisotopic (exact) mass is 350 g/mol. The first-order valence-corrected chi connectivity index (χ1v) is 8.24. The van der Waals surface area contributed by atoms with Gasteiger partial charge in [0.1, 0.15) is 0 Å². The first-order valence-electron chi connectivity index (χ1n) is 7.86. The SMILES string of the molecule is CC(=O)N1CCCN(C(=O)/C=C/c2cc(Cl)c3c(c2)OCO3)CC1. The van der Waals surface area contributed by atoms with Crippen molar-refractivity contribution in [3.8, 4) is 11.5 Å². The van der Waals surface area contributed by atoms with Crippen molar-refractivity contribution in [2.45, 2.75) is 13.3 Å². The highest BCUT2D eigenvalue weighted by Crippen LogP contribution is 2.40. The minimum absolute atomic E-state index is 0.0508. The molecule has 1 saturated heterocycles. The Bertz CT molecular complexity index is 689. The number of benzene rings is 1. The van der Waals surface area contributed by atoms with Crippen molar-refractivity contribution in [3.63, 3.8) is 0 Å². The van der Waals surface area contributed by atoms with Crippen LogP contribution >= 0.6 is 11.6 Å². The van der Waals surface area contributed by atoms with Crippen LogP contribution < -0.4 is 9.47 Å². The molecule has 0 radical (unpaired) electrons. The summed E-state index contributed by atoms with van der Waals surface area (Å²) in [6.07, 6.45) is 4.02. The summed E-state index contributed by atoms with van der Waals surface area (Å²) in [6, 6.07) is 3.52. The van der Waals surface area contributed by atoms with E-state index in [2.05, 4.69) is 0 Å². The van der Waals surface area contributed by atoms with Crippen molar-refractivity contribution >= 4 is 29.5 Å². The molecule has 0 N–H and O–H groups in total. The van der Waals surface area contributed by atoms with E-state index in [-0.39, 0.29) is 18.6 Å². The highest BCUT2D eigenvalue weighted by Gasteiger charge is 2.20. The molecule has 2 amide bonds. The molecular weight excluding hydrogens is 332 g/mol. The third-order valence-corrected chi connectivity index (χ3v) is 4.40. The summed E-state index contributed by atoms with van der Waals surface area (Å²) in [4.78, 5) is 27.3. The van der Waals surface area contributed by atoms with Crippen molar-refractivity contribution in [2.24, 2.45) is 0 Å². The maximum absolute atomic E-state index is 12.4. The van der Waals surface area contributed by atoms with Gasteiger partial charge in [-0.1, -0.05) is 11.6 Å². The fraction of sp³-hybridized carbons (Fsp3) is 0.412. The molecule has 7 heteroatoms. The van der Waals surface area contributed by atoms with E-state index in [1.165, 1.54) is 6.08 Å². The summed E-state index contributed by atoms with van der Waals surface area (Å²) in [5, 5.41) is 0.462. The Kier molecular flexibility index (Phi) is 4.94. The van der Waals surface area contributed by atoms with Gasteiger partial charge >= 0.3 is 0 Å². The molecule has 0 bridgehead atoms. The Labute approximate surface area is 145 Å². The third-order valence-electron chi connectivity index (χ3n) is 4.12. The van der Waals surface area contributed by atoms with Crippen LogP contribution in [0, 0.1) is 0 Å². The molecular formula is C17H19ClN2O4. The van der Waals surface area contributed by atoms with Gasteiger partial charge in [0, 0.05) is 39.2 Å². The first kappa shape index (κ1) is 16.6. The fourth-order valence-corrected chi connectivity index (χ4v) is 3.08. The lowest BCUT2D eigenvalue weighted by atomic mass is 10.2. The van der Waals surface area contributed by atoms with Crippen LogP contribution in [-0.2, 0) is 9.59 Å². The number of ether oxygens (including phenoxy) is 2. The largest absolute Gasteiger partial charge is 0.454 e. The Morgan fingerprint density at radius 2 is 1.88 bits per heavy atom. The van der Waals surface area contributed by atoms with Gasteiger partial charge in [0.25, 0.3) is 0 Å². The van der Waals surface area contributed by atoms with Gasteiger partial charge in [-0.15, -0.1) is 0 Å². The lowest BCUT2D eigenvalue weighted by Crippen LogP contribution is -2.35. The summed E-state index contributed by atoms with van der Waals surface area (Å²) in [7, 11) is 0. The molecule has 2 aliphatic rings. The van der Waals surface area contributed by atoms with Crippen molar-refractivity contribution < 1.29 is 19.1 Å². The van der Waals surface area contributed by atoms with Crippen LogP contribution in [0.1, 0.15) is 18.9 Å². The fourth-order valence-electron chi connectivity index (χ4n) is 2.81. The molecule has 2 aliphatic heterocycles. The molecule has 0 unspecified atom stereocenters. The highest BCUT2D eigenvalue weighted by molar-refractivity contribution is 6.32. The number of carbonyl (C=O) groups is 2. The molecule has 6 nitrogen and oxygen atoms in total. The number of nitrogens with zero attached hydrogens (tertiary/aromatic N) is 2. The van der Waals surface area contributed by atoms with E-state index >= 15 is 0 Å². The number of fused-ring (bicyclic) bond motifs is 1. The second-order valence-electron chi connectivity index (χ2n) is 5.75. The molecule has 0 spiro atoms. The van der Waals surface area contributed by atoms with Gasteiger partial charge in [-0.25, -0.2) is 0 Å². The van der Waals surface area contributed by atoms with Gasteiger partial charge in [-0.3, -0.25) is 9.59 Å². The molecule has 128 valence electrons. The summed E-state index contributed by atoms with van der Waals surface area (Å²) in [5.74, 6) is 1.10. The molecule has 2 heterocycles. The van der Waals surface area contributed by atoms with Crippen LogP contribution in [0.4, 0.5) is 0 Å². The Morgan fingerprint density at radius 3 is 2.67 bits per heavy atom. The normalized spacial score (nSPS) is 17.2. The van der Waals surface area contributed by atoms with Gasteiger partial charge in [0.2, 0.25) is 18.6 Å². The maximum atomic E-state index is 12.4. The molecule has 0 aliphatic carbocycles. The van der Waals surface area contributed by atoms with Crippen molar-refractivity contribution in [1.82, 2.24) is 9.80 Å².